The van der Waals surface area contributed by atoms with Crippen LogP contribution in [0, 0.1) is 0 Å². The van der Waals surface area contributed by atoms with Crippen LogP contribution in [0.4, 0.5) is 13.2 Å². The number of imidazole rings is 1. The highest BCUT2D eigenvalue weighted by Crippen LogP contribution is 2.22. The molecule has 1 unspecified atom stereocenters. The Bertz CT molecular complexity index is 306. The fourth-order valence-electron chi connectivity index (χ4n) is 1.35. The van der Waals surface area contributed by atoms with Crippen LogP contribution in [-0.4, -0.2) is 21.8 Å². The van der Waals surface area contributed by atoms with Crippen molar-refractivity contribution in [2.75, 3.05) is 0 Å². The van der Waals surface area contributed by atoms with Crippen LogP contribution in [0.1, 0.15) is 18.7 Å². The van der Waals surface area contributed by atoms with E-state index in [-0.39, 0.29) is 0 Å². The monoisotopic (exact) mass is 221 g/mol. The van der Waals surface area contributed by atoms with Crippen molar-refractivity contribution in [2.24, 2.45) is 12.8 Å². The number of halogens is 3. The first kappa shape index (κ1) is 12.0. The molecule has 0 bridgehead atoms. The molecule has 15 heavy (non-hydrogen) atoms. The molecule has 0 spiro atoms. The van der Waals surface area contributed by atoms with Crippen molar-refractivity contribution < 1.29 is 13.2 Å². The minimum atomic E-state index is -4.18. The van der Waals surface area contributed by atoms with E-state index < -0.39 is 18.6 Å². The van der Waals surface area contributed by atoms with Crippen LogP contribution >= 0.6 is 0 Å². The number of rotatable bonds is 4. The van der Waals surface area contributed by atoms with Crippen LogP contribution in [0.3, 0.4) is 0 Å². The first-order chi connectivity index (χ1) is 6.88. The second-order valence-corrected chi connectivity index (χ2v) is 3.57. The quantitative estimate of drug-likeness (QED) is 0.839. The molecule has 2 N–H and O–H groups in total. The standard InChI is InChI=1S/C9H14F3N3/c1-15-5-4-14-8(15)3-2-7(13)6-9(10,11)12/h4-5,7H,2-3,6,13H2,1H3. The van der Waals surface area contributed by atoms with E-state index in [0.29, 0.717) is 12.8 Å². The summed E-state index contributed by atoms with van der Waals surface area (Å²) in [5, 5.41) is 0. The Balaban J connectivity index is 2.35. The second kappa shape index (κ2) is 4.65. The van der Waals surface area contributed by atoms with Gasteiger partial charge in [-0.3, -0.25) is 0 Å². The Morgan fingerprint density at radius 3 is 2.67 bits per heavy atom. The summed E-state index contributed by atoms with van der Waals surface area (Å²) < 4.78 is 37.6. The molecule has 0 aliphatic heterocycles. The first-order valence-corrected chi connectivity index (χ1v) is 4.67. The molecule has 0 amide bonds. The first-order valence-electron chi connectivity index (χ1n) is 4.67. The third kappa shape index (κ3) is 4.33. The summed E-state index contributed by atoms with van der Waals surface area (Å²) in [6.45, 7) is 0. The van der Waals surface area contributed by atoms with Crippen molar-refractivity contribution in [3.63, 3.8) is 0 Å². The van der Waals surface area contributed by atoms with Crippen LogP contribution < -0.4 is 5.73 Å². The zero-order valence-electron chi connectivity index (χ0n) is 8.46. The largest absolute Gasteiger partial charge is 0.390 e. The zero-order valence-corrected chi connectivity index (χ0v) is 8.46. The van der Waals surface area contributed by atoms with E-state index in [2.05, 4.69) is 4.98 Å². The molecule has 3 nitrogen and oxygen atoms in total. The lowest BCUT2D eigenvalue weighted by Gasteiger charge is -2.13. The fourth-order valence-corrected chi connectivity index (χ4v) is 1.35. The van der Waals surface area contributed by atoms with Crippen molar-refractivity contribution >= 4 is 0 Å². The van der Waals surface area contributed by atoms with Gasteiger partial charge in [0.15, 0.2) is 0 Å². The molecule has 0 aliphatic rings. The van der Waals surface area contributed by atoms with Gasteiger partial charge >= 0.3 is 6.18 Å². The Morgan fingerprint density at radius 1 is 1.53 bits per heavy atom. The Labute approximate surface area is 86.1 Å². The summed E-state index contributed by atoms with van der Waals surface area (Å²) in [5.41, 5.74) is 5.37. The molecule has 0 saturated heterocycles. The van der Waals surface area contributed by atoms with Crippen LogP contribution in [0.5, 0.6) is 0 Å². The molecule has 0 aromatic carbocycles. The molecule has 1 atom stereocenters. The Morgan fingerprint density at radius 2 is 2.20 bits per heavy atom. The number of hydrogen-bond acceptors (Lipinski definition) is 2. The molecule has 1 aromatic rings. The van der Waals surface area contributed by atoms with Gasteiger partial charge in [0, 0.05) is 31.9 Å². The van der Waals surface area contributed by atoms with Gasteiger partial charge in [-0.2, -0.15) is 13.2 Å². The van der Waals surface area contributed by atoms with Gasteiger partial charge in [0.05, 0.1) is 6.42 Å². The number of nitrogens with zero attached hydrogens (tertiary/aromatic N) is 2. The van der Waals surface area contributed by atoms with E-state index >= 15 is 0 Å². The van der Waals surface area contributed by atoms with E-state index in [1.54, 1.807) is 24.0 Å². The number of hydrogen-bond donors (Lipinski definition) is 1. The summed E-state index contributed by atoms with van der Waals surface area (Å²) in [7, 11) is 1.80. The maximum Gasteiger partial charge on any atom is 0.390 e. The lowest BCUT2D eigenvalue weighted by Crippen LogP contribution is -2.28. The lowest BCUT2D eigenvalue weighted by molar-refractivity contribution is -0.138. The van der Waals surface area contributed by atoms with E-state index in [4.69, 9.17) is 5.73 Å². The van der Waals surface area contributed by atoms with E-state index in [1.807, 2.05) is 0 Å². The van der Waals surface area contributed by atoms with E-state index in [0.717, 1.165) is 5.82 Å². The Hall–Kier alpha value is -1.04. The topological polar surface area (TPSA) is 43.8 Å². The van der Waals surface area contributed by atoms with Crippen molar-refractivity contribution in [3.05, 3.63) is 18.2 Å². The number of aromatic nitrogens is 2. The van der Waals surface area contributed by atoms with Crippen molar-refractivity contribution in [1.82, 2.24) is 9.55 Å². The normalized spacial score (nSPS) is 14.2. The second-order valence-electron chi connectivity index (χ2n) is 3.57. The summed E-state index contributed by atoms with van der Waals surface area (Å²) in [6.07, 6.45) is -0.973. The van der Waals surface area contributed by atoms with Crippen molar-refractivity contribution in [2.45, 2.75) is 31.5 Å². The predicted octanol–water partition coefficient (Wildman–Crippen LogP) is 1.63. The average Bonchev–Trinajstić information content (AvgIpc) is 2.44. The molecule has 0 radical (unpaired) electrons. The molecular formula is C9H14F3N3. The summed E-state index contributed by atoms with van der Waals surface area (Å²) in [6, 6.07) is -0.846. The molecule has 0 saturated carbocycles. The maximum absolute atomic E-state index is 12.0. The summed E-state index contributed by atoms with van der Waals surface area (Å²) in [4.78, 5) is 4.01. The highest BCUT2D eigenvalue weighted by atomic mass is 19.4. The van der Waals surface area contributed by atoms with Crippen LogP contribution in [0.2, 0.25) is 0 Å². The van der Waals surface area contributed by atoms with E-state index in [9.17, 15) is 13.2 Å². The number of aryl methyl sites for hydroxylation is 2. The van der Waals surface area contributed by atoms with Crippen LogP contribution in [-0.2, 0) is 13.5 Å². The van der Waals surface area contributed by atoms with Gasteiger partial charge in [-0.25, -0.2) is 4.98 Å². The van der Waals surface area contributed by atoms with E-state index in [1.165, 1.54) is 0 Å². The van der Waals surface area contributed by atoms with Gasteiger partial charge in [0.2, 0.25) is 0 Å². The van der Waals surface area contributed by atoms with Crippen LogP contribution in [0.15, 0.2) is 12.4 Å². The summed E-state index contributed by atoms with van der Waals surface area (Å²) in [5.74, 6) is 0.757. The average molecular weight is 221 g/mol. The third-order valence-electron chi connectivity index (χ3n) is 2.15. The van der Waals surface area contributed by atoms with Gasteiger partial charge in [0.1, 0.15) is 5.82 Å². The smallest absolute Gasteiger partial charge is 0.338 e. The van der Waals surface area contributed by atoms with Crippen molar-refractivity contribution in [3.8, 4) is 0 Å². The molecule has 1 aromatic heterocycles. The minimum absolute atomic E-state index is 0.296. The van der Waals surface area contributed by atoms with Crippen molar-refractivity contribution in [1.29, 1.82) is 0 Å². The fraction of sp³-hybridized carbons (Fsp3) is 0.667. The molecule has 0 aliphatic carbocycles. The minimum Gasteiger partial charge on any atom is -0.338 e. The van der Waals surface area contributed by atoms with Gasteiger partial charge in [0.25, 0.3) is 0 Å². The lowest BCUT2D eigenvalue weighted by atomic mass is 10.1. The predicted molar refractivity (Wildman–Crippen MR) is 50.2 cm³/mol. The summed E-state index contributed by atoms with van der Waals surface area (Å²) >= 11 is 0. The number of alkyl halides is 3. The SMILES string of the molecule is Cn1ccnc1CCC(N)CC(F)(F)F. The highest BCUT2D eigenvalue weighted by Gasteiger charge is 2.30. The van der Waals surface area contributed by atoms with Crippen LogP contribution in [0.25, 0.3) is 0 Å². The zero-order chi connectivity index (χ0) is 11.5. The molecular weight excluding hydrogens is 207 g/mol. The van der Waals surface area contributed by atoms with Gasteiger partial charge in [-0.15, -0.1) is 0 Å². The highest BCUT2D eigenvalue weighted by molar-refractivity contribution is 4.91. The van der Waals surface area contributed by atoms with Gasteiger partial charge in [-0.05, 0) is 6.42 Å². The third-order valence-corrected chi connectivity index (χ3v) is 2.15. The van der Waals surface area contributed by atoms with Gasteiger partial charge in [-0.1, -0.05) is 0 Å². The van der Waals surface area contributed by atoms with Gasteiger partial charge < -0.3 is 10.3 Å². The Kier molecular flexibility index (Phi) is 3.73. The molecule has 6 heteroatoms. The molecule has 1 heterocycles. The molecule has 0 fully saturated rings. The molecule has 1 rings (SSSR count). The molecule has 86 valence electrons. The maximum atomic E-state index is 12.0. The number of nitrogens with two attached hydrogens (primary N) is 1.